The highest BCUT2D eigenvalue weighted by atomic mass is 19.1. The molecule has 0 spiro atoms. The second kappa shape index (κ2) is 11.0. The van der Waals surface area contributed by atoms with E-state index in [2.05, 4.69) is 16.2 Å². The van der Waals surface area contributed by atoms with Crippen molar-refractivity contribution in [2.45, 2.75) is 26.3 Å². The van der Waals surface area contributed by atoms with Crippen molar-refractivity contribution in [3.05, 3.63) is 59.4 Å². The van der Waals surface area contributed by atoms with Crippen LogP contribution in [0.15, 0.2) is 42.5 Å². The topological polar surface area (TPSA) is 106 Å². The summed E-state index contributed by atoms with van der Waals surface area (Å²) in [4.78, 5) is 37.3. The fraction of sp³-hybridized carbons (Fsp3) is 0.318. The number of nitrogens with one attached hydrogen (secondary N) is 3. The molecule has 0 radical (unpaired) electrons. The van der Waals surface area contributed by atoms with Gasteiger partial charge in [-0.3, -0.25) is 25.2 Å². The first-order chi connectivity index (χ1) is 14.7. The van der Waals surface area contributed by atoms with Gasteiger partial charge in [0.15, 0.2) is 0 Å². The van der Waals surface area contributed by atoms with Gasteiger partial charge in [0.2, 0.25) is 5.91 Å². The molecule has 0 saturated heterocycles. The van der Waals surface area contributed by atoms with Crippen molar-refractivity contribution in [2.75, 3.05) is 14.2 Å². The molecule has 166 valence electrons. The van der Waals surface area contributed by atoms with Crippen molar-refractivity contribution in [3.8, 4) is 11.5 Å². The predicted octanol–water partition coefficient (Wildman–Crippen LogP) is 1.99. The van der Waals surface area contributed by atoms with E-state index >= 15 is 0 Å². The Labute approximate surface area is 180 Å². The molecular formula is C22H26FN3O5. The van der Waals surface area contributed by atoms with Crippen LogP contribution in [0.5, 0.6) is 11.5 Å². The molecule has 8 nitrogen and oxygen atoms in total. The molecule has 2 rings (SSSR count). The highest BCUT2D eigenvalue weighted by Gasteiger charge is 2.25. The number of carbonyl (C=O) groups is 3. The van der Waals surface area contributed by atoms with Gasteiger partial charge in [-0.1, -0.05) is 26.0 Å². The van der Waals surface area contributed by atoms with Crippen LogP contribution in [0.3, 0.4) is 0 Å². The molecule has 0 saturated carbocycles. The van der Waals surface area contributed by atoms with Crippen LogP contribution in [0.4, 0.5) is 4.39 Å². The van der Waals surface area contributed by atoms with E-state index in [0.717, 1.165) is 0 Å². The molecule has 0 fully saturated rings. The predicted molar refractivity (Wildman–Crippen MR) is 112 cm³/mol. The van der Waals surface area contributed by atoms with E-state index in [1.54, 1.807) is 19.9 Å². The summed E-state index contributed by atoms with van der Waals surface area (Å²) in [6, 6.07) is 9.23. The van der Waals surface area contributed by atoms with E-state index in [9.17, 15) is 18.8 Å². The minimum absolute atomic E-state index is 0.0388. The smallest absolute Gasteiger partial charge is 0.261 e. The normalized spacial score (nSPS) is 11.4. The second-order valence-corrected chi connectivity index (χ2v) is 7.14. The third-order valence-corrected chi connectivity index (χ3v) is 4.45. The van der Waals surface area contributed by atoms with Crippen LogP contribution in [-0.2, 0) is 16.0 Å². The average Bonchev–Trinajstić information content (AvgIpc) is 2.76. The standard InChI is InChI=1S/C22H26FN3O5/c1-13(2)20(24-21(28)15-10-17(30-3)12-18(11-15)31-4)22(29)26-25-19(27)9-14-5-7-16(23)8-6-14/h5-8,10-13,20H,9H2,1-4H3,(H,24,28)(H,25,27)(H,26,29)/t20-/m0/s1. The molecule has 2 aromatic rings. The zero-order chi connectivity index (χ0) is 23.0. The number of rotatable bonds is 8. The van der Waals surface area contributed by atoms with Crippen LogP contribution in [0.2, 0.25) is 0 Å². The lowest BCUT2D eigenvalue weighted by molar-refractivity contribution is -0.130. The number of hydrazine groups is 1. The first-order valence-corrected chi connectivity index (χ1v) is 9.60. The summed E-state index contributed by atoms with van der Waals surface area (Å²) < 4.78 is 23.3. The van der Waals surface area contributed by atoms with Gasteiger partial charge in [-0.15, -0.1) is 0 Å². The van der Waals surface area contributed by atoms with Gasteiger partial charge in [0.1, 0.15) is 23.4 Å². The van der Waals surface area contributed by atoms with Crippen LogP contribution < -0.4 is 25.6 Å². The van der Waals surface area contributed by atoms with Crippen molar-refractivity contribution in [3.63, 3.8) is 0 Å². The van der Waals surface area contributed by atoms with Crippen molar-refractivity contribution in [1.29, 1.82) is 0 Å². The maximum atomic E-state index is 12.9. The van der Waals surface area contributed by atoms with E-state index in [0.29, 0.717) is 17.1 Å². The number of hydrogen-bond acceptors (Lipinski definition) is 5. The molecule has 1 atom stereocenters. The zero-order valence-corrected chi connectivity index (χ0v) is 17.8. The second-order valence-electron chi connectivity index (χ2n) is 7.14. The van der Waals surface area contributed by atoms with Crippen LogP contribution >= 0.6 is 0 Å². The van der Waals surface area contributed by atoms with E-state index in [-0.39, 0.29) is 17.9 Å². The van der Waals surface area contributed by atoms with Crippen molar-refractivity contribution >= 4 is 17.7 Å². The van der Waals surface area contributed by atoms with Gasteiger partial charge in [0.05, 0.1) is 20.6 Å². The Morgan fingerprint density at radius 2 is 1.52 bits per heavy atom. The van der Waals surface area contributed by atoms with Crippen LogP contribution in [-0.4, -0.2) is 38.0 Å². The molecule has 0 aromatic heterocycles. The van der Waals surface area contributed by atoms with Crippen molar-refractivity contribution in [1.82, 2.24) is 16.2 Å². The molecule has 0 heterocycles. The van der Waals surface area contributed by atoms with Crippen LogP contribution in [0.25, 0.3) is 0 Å². The van der Waals surface area contributed by atoms with Crippen LogP contribution in [0, 0.1) is 11.7 Å². The monoisotopic (exact) mass is 431 g/mol. The summed E-state index contributed by atoms with van der Waals surface area (Å²) in [5, 5.41) is 2.66. The quantitative estimate of drug-likeness (QED) is 0.555. The molecule has 0 aliphatic carbocycles. The lowest BCUT2D eigenvalue weighted by Crippen LogP contribution is -2.54. The van der Waals surface area contributed by atoms with Crippen LogP contribution in [0.1, 0.15) is 29.8 Å². The van der Waals surface area contributed by atoms with E-state index < -0.39 is 29.6 Å². The molecule has 0 unspecified atom stereocenters. The number of methoxy groups -OCH3 is 2. The summed E-state index contributed by atoms with van der Waals surface area (Å²) in [6.07, 6.45) is -0.0388. The first kappa shape index (κ1) is 23.7. The van der Waals surface area contributed by atoms with Gasteiger partial charge >= 0.3 is 0 Å². The summed E-state index contributed by atoms with van der Waals surface area (Å²) in [6.45, 7) is 3.52. The fourth-order valence-electron chi connectivity index (χ4n) is 2.74. The molecule has 3 amide bonds. The van der Waals surface area contributed by atoms with E-state index in [1.165, 1.54) is 50.6 Å². The number of halogens is 1. The largest absolute Gasteiger partial charge is 0.497 e. The Kier molecular flexibility index (Phi) is 8.36. The number of amides is 3. The molecule has 3 N–H and O–H groups in total. The third-order valence-electron chi connectivity index (χ3n) is 4.45. The van der Waals surface area contributed by atoms with Gasteiger partial charge in [0, 0.05) is 11.6 Å². The average molecular weight is 431 g/mol. The van der Waals surface area contributed by atoms with Gasteiger partial charge < -0.3 is 14.8 Å². The zero-order valence-electron chi connectivity index (χ0n) is 17.8. The lowest BCUT2D eigenvalue weighted by Gasteiger charge is -2.22. The molecule has 9 heteroatoms. The summed E-state index contributed by atoms with van der Waals surface area (Å²) >= 11 is 0. The van der Waals surface area contributed by atoms with Gasteiger partial charge in [0.25, 0.3) is 11.8 Å². The maximum absolute atomic E-state index is 12.9. The summed E-state index contributed by atoms with van der Waals surface area (Å²) in [5.74, 6) is -1.35. The van der Waals surface area contributed by atoms with Crippen molar-refractivity contribution < 1.29 is 28.2 Å². The van der Waals surface area contributed by atoms with Gasteiger partial charge in [-0.05, 0) is 35.7 Å². The Morgan fingerprint density at radius 3 is 2.03 bits per heavy atom. The first-order valence-electron chi connectivity index (χ1n) is 9.60. The summed E-state index contributed by atoms with van der Waals surface area (Å²) in [5.41, 5.74) is 5.48. The highest BCUT2D eigenvalue weighted by molar-refractivity contribution is 5.98. The number of ether oxygens (including phenoxy) is 2. The van der Waals surface area contributed by atoms with E-state index in [1.807, 2.05) is 0 Å². The lowest BCUT2D eigenvalue weighted by atomic mass is 10.0. The fourth-order valence-corrected chi connectivity index (χ4v) is 2.74. The Hall–Kier alpha value is -3.62. The molecule has 0 aliphatic rings. The van der Waals surface area contributed by atoms with Crippen molar-refractivity contribution in [2.24, 2.45) is 5.92 Å². The Bertz CT molecular complexity index is 909. The molecular weight excluding hydrogens is 405 g/mol. The third kappa shape index (κ3) is 6.98. The minimum Gasteiger partial charge on any atom is -0.497 e. The van der Waals surface area contributed by atoms with Gasteiger partial charge in [-0.2, -0.15) is 0 Å². The molecule has 0 bridgehead atoms. The maximum Gasteiger partial charge on any atom is 0.261 e. The van der Waals surface area contributed by atoms with Gasteiger partial charge in [-0.25, -0.2) is 4.39 Å². The Balaban J connectivity index is 1.99. The molecule has 0 aliphatic heterocycles. The number of benzene rings is 2. The Morgan fingerprint density at radius 1 is 0.935 bits per heavy atom. The number of carbonyl (C=O) groups excluding carboxylic acids is 3. The summed E-state index contributed by atoms with van der Waals surface area (Å²) in [7, 11) is 2.94. The molecule has 2 aromatic carbocycles. The molecule has 31 heavy (non-hydrogen) atoms. The van der Waals surface area contributed by atoms with E-state index in [4.69, 9.17) is 9.47 Å². The highest BCUT2D eigenvalue weighted by Crippen LogP contribution is 2.22. The minimum atomic E-state index is -0.907. The number of hydrogen-bond donors (Lipinski definition) is 3. The SMILES string of the molecule is COc1cc(OC)cc(C(=O)N[C@H](C(=O)NNC(=O)Cc2ccc(F)cc2)C(C)C)c1.